The highest BCUT2D eigenvalue weighted by Crippen LogP contribution is 2.24. The molecule has 0 radical (unpaired) electrons. The molecule has 0 aliphatic carbocycles. The highest BCUT2D eigenvalue weighted by atomic mass is 16.3. The summed E-state index contributed by atoms with van der Waals surface area (Å²) in [6.45, 7) is 4.46. The Morgan fingerprint density at radius 3 is 2.48 bits per heavy atom. The maximum absolute atomic E-state index is 11.7. The third-order valence-electron chi connectivity index (χ3n) is 3.77. The number of amides is 1. The second kappa shape index (κ2) is 7.28. The van der Waals surface area contributed by atoms with E-state index in [1.54, 1.807) is 23.7 Å². The van der Waals surface area contributed by atoms with Crippen LogP contribution in [0, 0.1) is 13.8 Å². The molecule has 2 rings (SSSR count). The van der Waals surface area contributed by atoms with Crippen LogP contribution in [0.25, 0.3) is 0 Å². The molecule has 23 heavy (non-hydrogen) atoms. The summed E-state index contributed by atoms with van der Waals surface area (Å²) in [5.74, 6) is 0.0858. The lowest BCUT2D eigenvalue weighted by molar-refractivity contribution is -0.127. The van der Waals surface area contributed by atoms with E-state index in [-0.39, 0.29) is 12.5 Å². The Balaban J connectivity index is 2.11. The Morgan fingerprint density at radius 2 is 1.91 bits per heavy atom. The molecule has 1 aromatic heterocycles. The zero-order valence-electron chi connectivity index (χ0n) is 14.1. The van der Waals surface area contributed by atoms with E-state index in [2.05, 4.69) is 10.4 Å². The molecule has 0 unspecified atom stereocenters. The van der Waals surface area contributed by atoms with Gasteiger partial charge < -0.3 is 15.3 Å². The van der Waals surface area contributed by atoms with Crippen LogP contribution in [0.5, 0.6) is 0 Å². The van der Waals surface area contributed by atoms with Gasteiger partial charge in [0, 0.05) is 19.8 Å². The summed E-state index contributed by atoms with van der Waals surface area (Å²) < 4.78 is 1.79. The predicted octanol–water partition coefficient (Wildman–Crippen LogP) is 1.87. The monoisotopic (exact) mass is 316 g/mol. The van der Waals surface area contributed by atoms with Gasteiger partial charge in [0.2, 0.25) is 5.91 Å². The second-order valence-electron chi connectivity index (χ2n) is 5.78. The van der Waals surface area contributed by atoms with Crippen LogP contribution in [0.4, 0.5) is 11.4 Å². The third-order valence-corrected chi connectivity index (χ3v) is 3.77. The molecule has 0 bridgehead atoms. The maximum atomic E-state index is 11.7. The van der Waals surface area contributed by atoms with E-state index in [1.807, 2.05) is 38.1 Å². The van der Waals surface area contributed by atoms with E-state index in [1.165, 1.54) is 0 Å². The van der Waals surface area contributed by atoms with Gasteiger partial charge in [0.05, 0.1) is 36.6 Å². The van der Waals surface area contributed by atoms with Crippen molar-refractivity contribution in [2.75, 3.05) is 26.0 Å². The number of hydrogen-bond acceptors (Lipinski definition) is 4. The summed E-state index contributed by atoms with van der Waals surface area (Å²) in [6.07, 6.45) is 0.403. The molecule has 0 atom stereocenters. The zero-order chi connectivity index (χ0) is 17.0. The first-order chi connectivity index (χ1) is 10.9. The van der Waals surface area contributed by atoms with Crippen molar-refractivity contribution in [2.24, 2.45) is 0 Å². The van der Waals surface area contributed by atoms with Crippen molar-refractivity contribution in [1.29, 1.82) is 0 Å². The first-order valence-corrected chi connectivity index (χ1v) is 7.63. The van der Waals surface area contributed by atoms with Gasteiger partial charge in [0.15, 0.2) is 0 Å². The van der Waals surface area contributed by atoms with Crippen LogP contribution in [-0.2, 0) is 17.8 Å². The highest BCUT2D eigenvalue weighted by molar-refractivity contribution is 5.78. The van der Waals surface area contributed by atoms with E-state index in [0.717, 1.165) is 28.3 Å². The number of aliphatic hydroxyl groups is 1. The molecule has 0 saturated carbocycles. The smallest absolute Gasteiger partial charge is 0.226 e. The molecule has 0 aliphatic rings. The Hall–Kier alpha value is -2.34. The fourth-order valence-corrected chi connectivity index (χ4v) is 2.37. The summed E-state index contributed by atoms with van der Waals surface area (Å²) in [5.41, 5.74) is 4.77. The minimum absolute atomic E-state index is 0.0655. The van der Waals surface area contributed by atoms with Gasteiger partial charge in [-0.1, -0.05) is 12.1 Å². The summed E-state index contributed by atoms with van der Waals surface area (Å²) in [6, 6.07) is 7.82. The lowest BCUT2D eigenvalue weighted by atomic mass is 10.1. The van der Waals surface area contributed by atoms with Crippen molar-refractivity contribution in [3.05, 3.63) is 41.2 Å². The predicted molar refractivity (Wildman–Crippen MR) is 90.9 cm³/mol. The van der Waals surface area contributed by atoms with Crippen molar-refractivity contribution >= 4 is 17.3 Å². The minimum Gasteiger partial charge on any atom is -0.394 e. The van der Waals surface area contributed by atoms with E-state index in [0.29, 0.717) is 13.0 Å². The third kappa shape index (κ3) is 4.10. The fourth-order valence-electron chi connectivity index (χ4n) is 2.37. The first-order valence-electron chi connectivity index (χ1n) is 7.63. The van der Waals surface area contributed by atoms with E-state index in [9.17, 15) is 4.79 Å². The summed E-state index contributed by atoms with van der Waals surface area (Å²) in [7, 11) is 3.52. The molecule has 1 amide bonds. The molecule has 2 aromatic rings. The lowest BCUT2D eigenvalue weighted by Gasteiger charge is -2.11. The number of anilines is 2. The Labute approximate surface area is 136 Å². The topological polar surface area (TPSA) is 70.4 Å². The lowest BCUT2D eigenvalue weighted by Crippen LogP contribution is -2.23. The van der Waals surface area contributed by atoms with Crippen molar-refractivity contribution in [3.8, 4) is 0 Å². The zero-order valence-corrected chi connectivity index (χ0v) is 14.1. The SMILES string of the molecule is Cc1nn(CCO)c(C)c1Nc1ccc(CC(=O)N(C)C)cc1. The van der Waals surface area contributed by atoms with Crippen LogP contribution in [0.3, 0.4) is 0 Å². The summed E-state index contributed by atoms with van der Waals surface area (Å²) >= 11 is 0. The number of carbonyl (C=O) groups excluding carboxylic acids is 1. The number of likely N-dealkylation sites (N-methyl/N-ethyl adjacent to an activating group) is 1. The first kappa shape index (κ1) is 17.0. The number of aromatic nitrogens is 2. The number of aliphatic hydroxyl groups excluding tert-OH is 1. The van der Waals surface area contributed by atoms with Gasteiger partial charge >= 0.3 is 0 Å². The number of benzene rings is 1. The second-order valence-corrected chi connectivity index (χ2v) is 5.78. The van der Waals surface area contributed by atoms with Crippen LogP contribution in [-0.4, -0.2) is 46.4 Å². The van der Waals surface area contributed by atoms with Crippen LogP contribution >= 0.6 is 0 Å². The van der Waals surface area contributed by atoms with Gasteiger partial charge in [-0.2, -0.15) is 5.10 Å². The van der Waals surface area contributed by atoms with Gasteiger partial charge in [0.25, 0.3) is 0 Å². The number of nitrogens with one attached hydrogen (secondary N) is 1. The summed E-state index contributed by atoms with van der Waals surface area (Å²) in [5, 5.41) is 16.8. The molecule has 6 nitrogen and oxygen atoms in total. The highest BCUT2D eigenvalue weighted by Gasteiger charge is 2.11. The van der Waals surface area contributed by atoms with Gasteiger partial charge in [-0.3, -0.25) is 9.48 Å². The number of hydrogen-bond donors (Lipinski definition) is 2. The average Bonchev–Trinajstić information content (AvgIpc) is 2.77. The van der Waals surface area contributed by atoms with Gasteiger partial charge in [-0.05, 0) is 31.5 Å². The van der Waals surface area contributed by atoms with E-state index < -0.39 is 0 Å². The molecule has 2 N–H and O–H groups in total. The Morgan fingerprint density at radius 1 is 1.26 bits per heavy atom. The van der Waals surface area contributed by atoms with Crippen molar-refractivity contribution in [2.45, 2.75) is 26.8 Å². The van der Waals surface area contributed by atoms with Crippen LogP contribution in [0.15, 0.2) is 24.3 Å². The summed E-state index contributed by atoms with van der Waals surface area (Å²) in [4.78, 5) is 13.3. The number of nitrogens with zero attached hydrogens (tertiary/aromatic N) is 3. The molecule has 0 aliphatic heterocycles. The van der Waals surface area contributed by atoms with E-state index >= 15 is 0 Å². The minimum atomic E-state index is 0.0655. The number of carbonyl (C=O) groups is 1. The number of aryl methyl sites for hydroxylation is 1. The molecule has 1 aromatic carbocycles. The van der Waals surface area contributed by atoms with Crippen LogP contribution in [0.2, 0.25) is 0 Å². The van der Waals surface area contributed by atoms with Gasteiger partial charge in [-0.25, -0.2) is 0 Å². The van der Waals surface area contributed by atoms with E-state index in [4.69, 9.17) is 5.11 Å². The van der Waals surface area contributed by atoms with Crippen molar-refractivity contribution < 1.29 is 9.90 Å². The van der Waals surface area contributed by atoms with Crippen molar-refractivity contribution in [1.82, 2.24) is 14.7 Å². The molecule has 0 fully saturated rings. The van der Waals surface area contributed by atoms with Crippen molar-refractivity contribution in [3.63, 3.8) is 0 Å². The molecule has 0 spiro atoms. The van der Waals surface area contributed by atoms with Crippen LogP contribution < -0.4 is 5.32 Å². The normalized spacial score (nSPS) is 10.7. The molecular formula is C17H24N4O2. The average molecular weight is 316 g/mol. The number of rotatable bonds is 6. The Kier molecular flexibility index (Phi) is 5.39. The maximum Gasteiger partial charge on any atom is 0.226 e. The molecular weight excluding hydrogens is 292 g/mol. The van der Waals surface area contributed by atoms with Gasteiger partial charge in [0.1, 0.15) is 0 Å². The molecule has 1 heterocycles. The largest absolute Gasteiger partial charge is 0.394 e. The van der Waals surface area contributed by atoms with Crippen LogP contribution in [0.1, 0.15) is 17.0 Å². The Bertz CT molecular complexity index is 675. The fraction of sp³-hybridized carbons (Fsp3) is 0.412. The molecule has 6 heteroatoms. The molecule has 0 saturated heterocycles. The van der Waals surface area contributed by atoms with Gasteiger partial charge in [-0.15, -0.1) is 0 Å². The molecule has 124 valence electrons. The standard InChI is InChI=1S/C17H24N4O2/c1-12-17(13(2)21(19-12)9-10-22)18-15-7-5-14(6-8-15)11-16(23)20(3)4/h5-8,18,22H,9-11H2,1-4H3. The quantitative estimate of drug-likeness (QED) is 0.853.